The van der Waals surface area contributed by atoms with Crippen molar-refractivity contribution < 1.29 is 14.6 Å². The van der Waals surface area contributed by atoms with Crippen LogP contribution in [0.15, 0.2) is 22.7 Å². The fourth-order valence-electron chi connectivity index (χ4n) is 4.41. The minimum atomic E-state index is -0.684. The number of carbonyl (C=O) groups is 1. The summed E-state index contributed by atoms with van der Waals surface area (Å²) >= 11 is 3.63. The maximum Gasteiger partial charge on any atom is 0.320 e. The summed E-state index contributed by atoms with van der Waals surface area (Å²) in [5.74, 6) is 0.653. The number of methoxy groups -OCH3 is 1. The number of likely N-dealkylation sites (tertiary alicyclic amines) is 1. The molecule has 0 radical (unpaired) electrons. The topological polar surface area (TPSA) is 49.8 Å². The second kappa shape index (κ2) is 6.81. The third-order valence-electron chi connectivity index (χ3n) is 5.53. The molecule has 1 saturated heterocycles. The van der Waals surface area contributed by atoms with Gasteiger partial charge in [-0.3, -0.25) is 9.69 Å². The van der Waals surface area contributed by atoms with Gasteiger partial charge in [0.25, 0.3) is 0 Å². The molecule has 2 aliphatic rings. The Balaban J connectivity index is 1.91. The highest BCUT2D eigenvalue weighted by Crippen LogP contribution is 2.45. The largest absolute Gasteiger partial charge is 0.497 e. The van der Waals surface area contributed by atoms with Gasteiger partial charge in [-0.15, -0.1) is 0 Å². The molecule has 1 aromatic carbocycles. The number of nitrogens with zero attached hydrogens (tertiary/aromatic N) is 1. The van der Waals surface area contributed by atoms with Gasteiger partial charge in [0.05, 0.1) is 7.11 Å². The minimum absolute atomic E-state index is 0.0736. The first-order chi connectivity index (χ1) is 11.0. The van der Waals surface area contributed by atoms with E-state index in [4.69, 9.17) is 4.74 Å². The fraction of sp³-hybridized carbons (Fsp3) is 0.611. The number of carboxylic acids is 1. The average Bonchev–Trinajstić information content (AvgIpc) is 2.93. The lowest BCUT2D eigenvalue weighted by Crippen LogP contribution is -2.43. The molecule has 4 atom stereocenters. The average molecular weight is 382 g/mol. The highest BCUT2D eigenvalue weighted by Gasteiger charge is 2.47. The number of halogens is 1. The number of benzene rings is 1. The molecule has 4 unspecified atom stereocenters. The highest BCUT2D eigenvalue weighted by molar-refractivity contribution is 9.10. The van der Waals surface area contributed by atoms with Crippen molar-refractivity contribution in [1.29, 1.82) is 0 Å². The van der Waals surface area contributed by atoms with Crippen LogP contribution < -0.4 is 4.74 Å². The first kappa shape index (κ1) is 16.8. The predicted octanol–water partition coefficient (Wildman–Crippen LogP) is 4.24. The summed E-state index contributed by atoms with van der Waals surface area (Å²) in [7, 11) is 1.65. The van der Waals surface area contributed by atoms with Gasteiger partial charge in [0.1, 0.15) is 11.8 Å². The van der Waals surface area contributed by atoms with Crippen molar-refractivity contribution in [3.05, 3.63) is 28.2 Å². The third-order valence-corrected chi connectivity index (χ3v) is 6.21. The summed E-state index contributed by atoms with van der Waals surface area (Å²) in [6.45, 7) is 2.12. The lowest BCUT2D eigenvalue weighted by molar-refractivity contribution is -0.143. The molecule has 1 aliphatic carbocycles. The summed E-state index contributed by atoms with van der Waals surface area (Å²) in [5, 5.41) is 9.70. The SMILES string of the molecule is COc1ccc(C(C)N2C(C(=O)O)CC3CCCCC32)c(Br)c1. The number of carboxylic acid groups (broad SMARTS) is 1. The van der Waals surface area contributed by atoms with Crippen LogP contribution in [0.1, 0.15) is 50.6 Å². The van der Waals surface area contributed by atoms with Gasteiger partial charge < -0.3 is 9.84 Å². The van der Waals surface area contributed by atoms with E-state index in [1.54, 1.807) is 7.11 Å². The number of hydrogen-bond acceptors (Lipinski definition) is 3. The van der Waals surface area contributed by atoms with Gasteiger partial charge in [0.2, 0.25) is 0 Å². The first-order valence-electron chi connectivity index (χ1n) is 8.36. The molecular weight excluding hydrogens is 358 g/mol. The maximum absolute atomic E-state index is 11.8. The molecule has 4 nitrogen and oxygen atoms in total. The molecule has 1 N–H and O–H groups in total. The van der Waals surface area contributed by atoms with Crippen LogP contribution in [0.5, 0.6) is 5.75 Å². The van der Waals surface area contributed by atoms with Gasteiger partial charge in [-0.25, -0.2) is 0 Å². The Hall–Kier alpha value is -1.07. The van der Waals surface area contributed by atoms with Crippen molar-refractivity contribution in [2.45, 2.75) is 57.2 Å². The monoisotopic (exact) mass is 381 g/mol. The van der Waals surface area contributed by atoms with Crippen LogP contribution in [0.4, 0.5) is 0 Å². The lowest BCUT2D eigenvalue weighted by atomic mass is 9.84. The summed E-state index contributed by atoms with van der Waals surface area (Å²) in [6, 6.07) is 6.05. The Morgan fingerprint density at radius 3 is 2.78 bits per heavy atom. The Bertz CT molecular complexity index is 592. The molecular formula is C18H24BrNO3. The van der Waals surface area contributed by atoms with Crippen molar-refractivity contribution in [3.63, 3.8) is 0 Å². The van der Waals surface area contributed by atoms with E-state index in [9.17, 15) is 9.90 Å². The van der Waals surface area contributed by atoms with E-state index >= 15 is 0 Å². The molecule has 1 heterocycles. The Morgan fingerprint density at radius 2 is 2.13 bits per heavy atom. The van der Waals surface area contributed by atoms with Crippen molar-refractivity contribution >= 4 is 21.9 Å². The zero-order chi connectivity index (χ0) is 16.6. The Kier molecular flexibility index (Phi) is 4.97. The van der Waals surface area contributed by atoms with E-state index in [0.717, 1.165) is 28.6 Å². The molecule has 23 heavy (non-hydrogen) atoms. The normalized spacial score (nSPS) is 29.1. The summed E-state index contributed by atoms with van der Waals surface area (Å²) < 4.78 is 6.24. The Morgan fingerprint density at radius 1 is 1.39 bits per heavy atom. The van der Waals surface area contributed by atoms with Gasteiger partial charge in [0.15, 0.2) is 0 Å². The summed E-state index contributed by atoms with van der Waals surface area (Å²) in [5.41, 5.74) is 1.13. The van der Waals surface area contributed by atoms with Gasteiger partial charge in [-0.1, -0.05) is 34.8 Å². The van der Waals surface area contributed by atoms with Crippen molar-refractivity contribution in [2.75, 3.05) is 7.11 Å². The van der Waals surface area contributed by atoms with E-state index in [0.29, 0.717) is 12.0 Å². The maximum atomic E-state index is 11.8. The quantitative estimate of drug-likeness (QED) is 0.847. The zero-order valence-corrected chi connectivity index (χ0v) is 15.3. The second-order valence-corrected chi connectivity index (χ2v) is 7.57. The molecule has 0 spiro atoms. The van der Waals surface area contributed by atoms with Crippen LogP contribution in [0, 0.1) is 5.92 Å². The van der Waals surface area contributed by atoms with Gasteiger partial charge in [0, 0.05) is 16.6 Å². The van der Waals surface area contributed by atoms with E-state index < -0.39 is 5.97 Å². The van der Waals surface area contributed by atoms with Gasteiger partial charge >= 0.3 is 5.97 Å². The van der Waals surface area contributed by atoms with Crippen molar-refractivity contribution in [2.24, 2.45) is 5.92 Å². The number of aliphatic carboxylic acids is 1. The van der Waals surface area contributed by atoms with Crippen molar-refractivity contribution in [1.82, 2.24) is 4.90 Å². The number of rotatable bonds is 4. The Labute approximate surface area is 145 Å². The number of fused-ring (bicyclic) bond motifs is 1. The first-order valence-corrected chi connectivity index (χ1v) is 9.16. The second-order valence-electron chi connectivity index (χ2n) is 6.71. The van der Waals surface area contributed by atoms with Crippen LogP contribution in [-0.4, -0.2) is 35.2 Å². The van der Waals surface area contributed by atoms with E-state index in [1.807, 2.05) is 18.2 Å². The smallest absolute Gasteiger partial charge is 0.320 e. The standard InChI is InChI=1S/C18H24BrNO3/c1-11(14-8-7-13(23-2)10-15(14)19)20-16-6-4-3-5-12(16)9-17(20)18(21)22/h7-8,10-12,16-17H,3-6,9H2,1-2H3,(H,21,22). The molecule has 1 aliphatic heterocycles. The van der Waals surface area contributed by atoms with Crippen LogP contribution in [0.2, 0.25) is 0 Å². The third kappa shape index (κ3) is 3.13. The number of hydrogen-bond donors (Lipinski definition) is 1. The minimum Gasteiger partial charge on any atom is -0.497 e. The van der Waals surface area contributed by atoms with E-state index in [1.165, 1.54) is 19.3 Å². The van der Waals surface area contributed by atoms with Gasteiger partial charge in [-0.2, -0.15) is 0 Å². The van der Waals surface area contributed by atoms with Crippen LogP contribution in [-0.2, 0) is 4.79 Å². The molecule has 1 aromatic rings. The van der Waals surface area contributed by atoms with Crippen molar-refractivity contribution in [3.8, 4) is 5.75 Å². The van der Waals surface area contributed by atoms with Crippen LogP contribution in [0.3, 0.4) is 0 Å². The predicted molar refractivity (Wildman–Crippen MR) is 92.7 cm³/mol. The molecule has 0 bridgehead atoms. The van der Waals surface area contributed by atoms with E-state index in [-0.39, 0.29) is 12.1 Å². The van der Waals surface area contributed by atoms with Crippen LogP contribution >= 0.6 is 15.9 Å². The van der Waals surface area contributed by atoms with Crippen LogP contribution in [0.25, 0.3) is 0 Å². The highest BCUT2D eigenvalue weighted by atomic mass is 79.9. The lowest BCUT2D eigenvalue weighted by Gasteiger charge is -2.37. The molecule has 1 saturated carbocycles. The molecule has 126 valence electrons. The zero-order valence-electron chi connectivity index (χ0n) is 13.7. The summed E-state index contributed by atoms with van der Waals surface area (Å²) in [6.07, 6.45) is 5.52. The fourth-order valence-corrected chi connectivity index (χ4v) is 5.10. The molecule has 0 aromatic heterocycles. The molecule has 2 fully saturated rings. The van der Waals surface area contributed by atoms with Gasteiger partial charge in [-0.05, 0) is 49.8 Å². The summed E-state index contributed by atoms with van der Waals surface area (Å²) in [4.78, 5) is 14.1. The molecule has 3 rings (SSSR count). The number of ether oxygens (including phenoxy) is 1. The molecule has 5 heteroatoms. The van der Waals surface area contributed by atoms with E-state index in [2.05, 4.69) is 27.8 Å². The molecule has 0 amide bonds.